The molecular formula is C14H15ClN4S. The molecule has 0 bridgehead atoms. The molecule has 2 rings (SSSR count). The van der Waals surface area contributed by atoms with E-state index in [-0.39, 0.29) is 5.11 Å². The topological polar surface area (TPSA) is 55.3 Å². The van der Waals surface area contributed by atoms with Crippen molar-refractivity contribution in [2.24, 2.45) is 10.8 Å². The number of hydrogen-bond donors (Lipinski definition) is 2. The molecule has 0 saturated heterocycles. The highest BCUT2D eigenvalue weighted by Crippen LogP contribution is 2.21. The predicted octanol–water partition coefficient (Wildman–Crippen LogP) is 2.91. The second kappa shape index (κ2) is 6.07. The van der Waals surface area contributed by atoms with Crippen LogP contribution in [0.3, 0.4) is 0 Å². The molecule has 0 aliphatic rings. The van der Waals surface area contributed by atoms with E-state index in [1.165, 1.54) is 0 Å². The van der Waals surface area contributed by atoms with Crippen LogP contribution < -0.4 is 11.2 Å². The van der Waals surface area contributed by atoms with Gasteiger partial charge in [-0.2, -0.15) is 5.10 Å². The van der Waals surface area contributed by atoms with E-state index in [0.717, 1.165) is 27.7 Å². The largest absolute Gasteiger partial charge is 0.375 e. The molecular weight excluding hydrogens is 292 g/mol. The third-order valence-electron chi connectivity index (χ3n) is 2.93. The van der Waals surface area contributed by atoms with Gasteiger partial charge in [-0.25, -0.2) is 0 Å². The van der Waals surface area contributed by atoms with Crippen LogP contribution in [0.4, 0.5) is 0 Å². The van der Waals surface area contributed by atoms with Gasteiger partial charge < -0.3 is 10.3 Å². The van der Waals surface area contributed by atoms with E-state index < -0.39 is 0 Å². The molecule has 2 aromatic rings. The number of rotatable bonds is 3. The van der Waals surface area contributed by atoms with Crippen molar-refractivity contribution in [2.75, 3.05) is 0 Å². The molecule has 0 saturated carbocycles. The van der Waals surface area contributed by atoms with Crippen LogP contribution in [0, 0.1) is 13.8 Å². The number of aromatic nitrogens is 1. The van der Waals surface area contributed by atoms with E-state index in [2.05, 4.69) is 21.2 Å². The fraction of sp³-hybridized carbons (Fsp3) is 0.143. The summed E-state index contributed by atoms with van der Waals surface area (Å²) in [4.78, 5) is 0. The molecule has 1 heterocycles. The zero-order valence-electron chi connectivity index (χ0n) is 11.2. The Hall–Kier alpha value is -1.85. The Bertz CT molecular complexity index is 659. The van der Waals surface area contributed by atoms with E-state index in [1.807, 2.05) is 38.1 Å². The Kier molecular flexibility index (Phi) is 4.42. The Morgan fingerprint density at radius 1 is 1.35 bits per heavy atom. The van der Waals surface area contributed by atoms with Crippen molar-refractivity contribution >= 4 is 35.1 Å². The highest BCUT2D eigenvalue weighted by Gasteiger charge is 2.09. The van der Waals surface area contributed by atoms with Crippen LogP contribution in [-0.2, 0) is 0 Å². The fourth-order valence-electron chi connectivity index (χ4n) is 2.07. The lowest BCUT2D eigenvalue weighted by Crippen LogP contribution is -2.24. The number of aryl methyl sites for hydroxylation is 1. The maximum Gasteiger partial charge on any atom is 0.184 e. The Morgan fingerprint density at radius 2 is 2.00 bits per heavy atom. The van der Waals surface area contributed by atoms with Gasteiger partial charge in [0.25, 0.3) is 0 Å². The van der Waals surface area contributed by atoms with Gasteiger partial charge in [-0.15, -0.1) is 0 Å². The molecule has 0 radical (unpaired) electrons. The summed E-state index contributed by atoms with van der Waals surface area (Å²) < 4.78 is 2.14. The smallest absolute Gasteiger partial charge is 0.184 e. The van der Waals surface area contributed by atoms with Crippen molar-refractivity contribution in [3.8, 4) is 5.69 Å². The number of nitrogens with two attached hydrogens (primary N) is 1. The molecule has 3 N–H and O–H groups in total. The monoisotopic (exact) mass is 306 g/mol. The number of thiocarbonyl (C=S) groups is 1. The highest BCUT2D eigenvalue weighted by atomic mass is 35.5. The Balaban J connectivity index is 2.36. The van der Waals surface area contributed by atoms with Crippen LogP contribution in [0.1, 0.15) is 17.0 Å². The van der Waals surface area contributed by atoms with Crippen LogP contribution in [0.2, 0.25) is 5.02 Å². The molecule has 20 heavy (non-hydrogen) atoms. The molecule has 0 unspecified atom stereocenters. The van der Waals surface area contributed by atoms with Gasteiger partial charge in [0.1, 0.15) is 0 Å². The normalized spacial score (nSPS) is 10.9. The van der Waals surface area contributed by atoms with Gasteiger partial charge in [-0.1, -0.05) is 11.6 Å². The van der Waals surface area contributed by atoms with Crippen molar-refractivity contribution in [3.05, 3.63) is 52.3 Å². The van der Waals surface area contributed by atoms with Crippen molar-refractivity contribution in [2.45, 2.75) is 13.8 Å². The van der Waals surface area contributed by atoms with E-state index in [0.29, 0.717) is 0 Å². The maximum absolute atomic E-state index is 5.92. The van der Waals surface area contributed by atoms with Crippen LogP contribution in [-0.4, -0.2) is 15.9 Å². The summed E-state index contributed by atoms with van der Waals surface area (Å²) in [5.41, 5.74) is 12.1. The van der Waals surface area contributed by atoms with E-state index in [4.69, 9.17) is 29.6 Å². The van der Waals surface area contributed by atoms with Gasteiger partial charge in [-0.05, 0) is 56.4 Å². The molecule has 1 aromatic carbocycles. The summed E-state index contributed by atoms with van der Waals surface area (Å²) in [6.07, 6.45) is 1.70. The maximum atomic E-state index is 5.92. The summed E-state index contributed by atoms with van der Waals surface area (Å²) in [5, 5.41) is 4.86. The molecule has 4 nitrogen and oxygen atoms in total. The SMILES string of the molecule is Cc1cc(/C=N\NC(N)=S)c(C)n1-c1ccc(Cl)cc1. The average Bonchev–Trinajstić information content (AvgIpc) is 2.66. The zero-order chi connectivity index (χ0) is 14.7. The minimum Gasteiger partial charge on any atom is -0.375 e. The minimum absolute atomic E-state index is 0.146. The van der Waals surface area contributed by atoms with E-state index in [9.17, 15) is 0 Å². The summed E-state index contributed by atoms with van der Waals surface area (Å²) >= 11 is 10.6. The standard InChI is InChI=1S/C14H15ClN4S/c1-9-7-11(8-17-18-14(16)20)10(2)19(9)13-5-3-12(15)4-6-13/h3-8H,1-2H3,(H3,16,18,20)/b17-8-. The number of nitrogens with one attached hydrogen (secondary N) is 1. The Labute approximate surface area is 128 Å². The van der Waals surface area contributed by atoms with Crippen LogP contribution in [0.25, 0.3) is 5.69 Å². The molecule has 6 heteroatoms. The summed E-state index contributed by atoms with van der Waals surface area (Å²) in [7, 11) is 0. The first-order valence-electron chi connectivity index (χ1n) is 6.02. The highest BCUT2D eigenvalue weighted by molar-refractivity contribution is 7.80. The first-order chi connectivity index (χ1) is 9.49. The number of hydrazone groups is 1. The minimum atomic E-state index is 0.146. The number of halogens is 1. The van der Waals surface area contributed by atoms with Gasteiger partial charge in [0.2, 0.25) is 0 Å². The quantitative estimate of drug-likeness (QED) is 0.521. The van der Waals surface area contributed by atoms with Gasteiger partial charge >= 0.3 is 0 Å². The molecule has 0 amide bonds. The van der Waals surface area contributed by atoms with Crippen LogP contribution in [0.5, 0.6) is 0 Å². The lowest BCUT2D eigenvalue weighted by molar-refractivity contribution is 0.964. The van der Waals surface area contributed by atoms with Gasteiger partial charge in [-0.3, -0.25) is 5.43 Å². The first kappa shape index (κ1) is 14.6. The zero-order valence-corrected chi connectivity index (χ0v) is 12.8. The molecule has 104 valence electrons. The lowest BCUT2D eigenvalue weighted by Gasteiger charge is -2.09. The molecule has 1 aromatic heterocycles. The molecule has 0 spiro atoms. The van der Waals surface area contributed by atoms with Gasteiger partial charge in [0.15, 0.2) is 5.11 Å². The van der Waals surface area contributed by atoms with Gasteiger partial charge in [0.05, 0.1) is 6.21 Å². The molecule has 0 atom stereocenters. The Morgan fingerprint density at radius 3 is 2.60 bits per heavy atom. The van der Waals surface area contributed by atoms with Crippen molar-refractivity contribution in [1.29, 1.82) is 0 Å². The lowest BCUT2D eigenvalue weighted by atomic mass is 10.2. The summed E-state index contributed by atoms with van der Waals surface area (Å²) in [6, 6.07) is 9.76. The van der Waals surface area contributed by atoms with E-state index >= 15 is 0 Å². The fourth-order valence-corrected chi connectivity index (χ4v) is 2.25. The first-order valence-corrected chi connectivity index (χ1v) is 6.81. The van der Waals surface area contributed by atoms with Crippen LogP contribution in [0.15, 0.2) is 35.4 Å². The number of hydrogen-bond acceptors (Lipinski definition) is 2. The molecule has 0 fully saturated rings. The van der Waals surface area contributed by atoms with E-state index in [1.54, 1.807) is 6.21 Å². The van der Waals surface area contributed by atoms with Crippen molar-refractivity contribution in [1.82, 2.24) is 9.99 Å². The second-order valence-corrected chi connectivity index (χ2v) is 5.25. The number of nitrogens with zero attached hydrogens (tertiary/aromatic N) is 2. The summed E-state index contributed by atoms with van der Waals surface area (Å²) in [6.45, 7) is 4.07. The van der Waals surface area contributed by atoms with Crippen LogP contribution >= 0.6 is 23.8 Å². The molecule has 0 aliphatic heterocycles. The van der Waals surface area contributed by atoms with Crippen molar-refractivity contribution < 1.29 is 0 Å². The van der Waals surface area contributed by atoms with Crippen molar-refractivity contribution in [3.63, 3.8) is 0 Å². The third-order valence-corrected chi connectivity index (χ3v) is 3.28. The van der Waals surface area contributed by atoms with Gasteiger partial charge in [0, 0.05) is 27.7 Å². The number of benzene rings is 1. The summed E-state index contributed by atoms with van der Waals surface area (Å²) in [5.74, 6) is 0. The predicted molar refractivity (Wildman–Crippen MR) is 87.8 cm³/mol. The molecule has 0 aliphatic carbocycles. The third kappa shape index (κ3) is 3.18. The second-order valence-electron chi connectivity index (χ2n) is 4.37. The average molecular weight is 307 g/mol.